The van der Waals surface area contributed by atoms with Crippen molar-refractivity contribution in [2.24, 2.45) is 4.99 Å². The second kappa shape index (κ2) is 4.61. The Morgan fingerprint density at radius 1 is 1.43 bits per heavy atom. The highest BCUT2D eigenvalue weighted by atomic mass is 35.5. The molecule has 0 saturated carbocycles. The lowest BCUT2D eigenvalue weighted by Gasteiger charge is -2.11. The fraction of sp³-hybridized carbons (Fsp3) is 0.417. The number of nitrogens with zero attached hydrogens (tertiary/aromatic N) is 1. The molecule has 76 valence electrons. The topological polar surface area (TPSA) is 12.4 Å². The van der Waals surface area contributed by atoms with Gasteiger partial charge in [-0.25, -0.2) is 0 Å². The van der Waals surface area contributed by atoms with Crippen molar-refractivity contribution < 1.29 is 0 Å². The lowest BCUT2D eigenvalue weighted by molar-refractivity contribution is 1.12. The van der Waals surface area contributed by atoms with Crippen LogP contribution in [0, 0.1) is 13.8 Å². The SMILES string of the molecule is CCc1cc(C)c(/C=N\C)c(C)c1Cl. The van der Waals surface area contributed by atoms with Gasteiger partial charge in [0.2, 0.25) is 0 Å². The maximum atomic E-state index is 6.24. The first-order valence-electron chi connectivity index (χ1n) is 4.82. The number of hydrogen-bond donors (Lipinski definition) is 0. The molecule has 0 spiro atoms. The molecule has 0 N–H and O–H groups in total. The van der Waals surface area contributed by atoms with Crippen molar-refractivity contribution in [2.75, 3.05) is 7.05 Å². The quantitative estimate of drug-likeness (QED) is 0.661. The van der Waals surface area contributed by atoms with Crippen LogP contribution in [0.5, 0.6) is 0 Å². The van der Waals surface area contributed by atoms with E-state index >= 15 is 0 Å². The first-order valence-corrected chi connectivity index (χ1v) is 5.20. The molecule has 0 amide bonds. The van der Waals surface area contributed by atoms with E-state index in [0.29, 0.717) is 0 Å². The molecule has 14 heavy (non-hydrogen) atoms. The standard InChI is InChI=1S/C12H16ClN/c1-5-10-6-8(2)11(7-14-4)9(3)12(10)13/h6-7H,5H2,1-4H3/b14-7-. The summed E-state index contributed by atoms with van der Waals surface area (Å²) in [7, 11) is 1.78. The second-order valence-electron chi connectivity index (χ2n) is 3.45. The van der Waals surface area contributed by atoms with Gasteiger partial charge in [0, 0.05) is 18.3 Å². The highest BCUT2D eigenvalue weighted by Gasteiger charge is 2.08. The summed E-state index contributed by atoms with van der Waals surface area (Å²) in [5.41, 5.74) is 4.74. The Morgan fingerprint density at radius 2 is 2.07 bits per heavy atom. The third kappa shape index (κ3) is 1.98. The molecule has 0 fully saturated rings. The largest absolute Gasteiger partial charge is 0.296 e. The Kier molecular flexibility index (Phi) is 3.70. The number of halogens is 1. The third-order valence-corrected chi connectivity index (χ3v) is 3.00. The van der Waals surface area contributed by atoms with Gasteiger partial charge in [0.15, 0.2) is 0 Å². The van der Waals surface area contributed by atoms with Crippen LogP contribution < -0.4 is 0 Å². The van der Waals surface area contributed by atoms with Crippen molar-refractivity contribution in [3.8, 4) is 0 Å². The molecule has 1 aromatic carbocycles. The normalized spacial score (nSPS) is 11.2. The molecule has 0 aliphatic heterocycles. The summed E-state index contributed by atoms with van der Waals surface area (Å²) in [5.74, 6) is 0. The van der Waals surface area contributed by atoms with Crippen LogP contribution in [0.3, 0.4) is 0 Å². The predicted molar refractivity (Wildman–Crippen MR) is 63.8 cm³/mol. The van der Waals surface area contributed by atoms with Crippen LogP contribution in [-0.4, -0.2) is 13.3 Å². The smallest absolute Gasteiger partial charge is 0.0473 e. The number of rotatable bonds is 2. The molecule has 0 aromatic heterocycles. The molecule has 1 aromatic rings. The van der Waals surface area contributed by atoms with Crippen LogP contribution >= 0.6 is 11.6 Å². The maximum absolute atomic E-state index is 6.24. The molecule has 0 radical (unpaired) electrons. The van der Waals surface area contributed by atoms with Gasteiger partial charge in [-0.1, -0.05) is 24.6 Å². The zero-order chi connectivity index (χ0) is 10.7. The zero-order valence-electron chi connectivity index (χ0n) is 9.19. The van der Waals surface area contributed by atoms with Crippen molar-refractivity contribution >= 4 is 17.8 Å². The minimum atomic E-state index is 0.882. The monoisotopic (exact) mass is 209 g/mol. The summed E-state index contributed by atoms with van der Waals surface area (Å²) in [6.45, 7) is 6.26. The lowest BCUT2D eigenvalue weighted by Crippen LogP contribution is -1.97. The summed E-state index contributed by atoms with van der Waals surface area (Å²) in [5, 5.41) is 0.882. The number of hydrogen-bond acceptors (Lipinski definition) is 1. The molecule has 0 heterocycles. The molecule has 0 saturated heterocycles. The number of aryl methyl sites for hydroxylation is 2. The molecule has 1 nitrogen and oxygen atoms in total. The fourth-order valence-corrected chi connectivity index (χ4v) is 1.93. The molecule has 0 atom stereocenters. The van der Waals surface area contributed by atoms with Gasteiger partial charge in [0.05, 0.1) is 0 Å². The van der Waals surface area contributed by atoms with Gasteiger partial charge in [-0.2, -0.15) is 0 Å². The lowest BCUT2D eigenvalue weighted by atomic mass is 9.99. The summed E-state index contributed by atoms with van der Waals surface area (Å²) in [4.78, 5) is 4.04. The maximum Gasteiger partial charge on any atom is 0.0473 e. The van der Waals surface area contributed by atoms with Crippen LogP contribution in [0.4, 0.5) is 0 Å². The Morgan fingerprint density at radius 3 is 2.57 bits per heavy atom. The van der Waals surface area contributed by atoms with Crippen molar-refractivity contribution in [3.63, 3.8) is 0 Å². The summed E-state index contributed by atoms with van der Waals surface area (Å²) in [6, 6.07) is 2.15. The van der Waals surface area contributed by atoms with E-state index in [1.165, 1.54) is 11.1 Å². The van der Waals surface area contributed by atoms with Crippen molar-refractivity contribution in [1.82, 2.24) is 0 Å². The third-order valence-electron chi connectivity index (χ3n) is 2.47. The van der Waals surface area contributed by atoms with Crippen molar-refractivity contribution in [2.45, 2.75) is 27.2 Å². The van der Waals surface area contributed by atoms with Gasteiger partial charge in [-0.3, -0.25) is 4.99 Å². The molecule has 1 rings (SSSR count). The van der Waals surface area contributed by atoms with Gasteiger partial charge >= 0.3 is 0 Å². The molecule has 0 aliphatic carbocycles. The molecule has 2 heteroatoms. The van der Waals surface area contributed by atoms with Gasteiger partial charge in [-0.15, -0.1) is 0 Å². The van der Waals surface area contributed by atoms with Gasteiger partial charge < -0.3 is 0 Å². The second-order valence-corrected chi connectivity index (χ2v) is 3.82. The van der Waals surface area contributed by atoms with E-state index in [1.807, 2.05) is 13.1 Å². The predicted octanol–water partition coefficient (Wildman–Crippen LogP) is 3.57. The summed E-state index contributed by atoms with van der Waals surface area (Å²) >= 11 is 6.24. The minimum Gasteiger partial charge on any atom is -0.296 e. The van der Waals surface area contributed by atoms with E-state index in [-0.39, 0.29) is 0 Å². The van der Waals surface area contributed by atoms with E-state index < -0.39 is 0 Å². The number of benzene rings is 1. The molecule has 0 bridgehead atoms. The van der Waals surface area contributed by atoms with E-state index in [4.69, 9.17) is 11.6 Å². The Bertz CT molecular complexity index is 367. The molecule has 0 aliphatic rings. The van der Waals surface area contributed by atoms with Crippen LogP contribution in [0.1, 0.15) is 29.2 Å². The highest BCUT2D eigenvalue weighted by Crippen LogP contribution is 2.26. The molecule has 0 unspecified atom stereocenters. The van der Waals surface area contributed by atoms with E-state index in [9.17, 15) is 0 Å². The Balaban J connectivity index is 3.40. The minimum absolute atomic E-state index is 0.882. The first-order chi connectivity index (χ1) is 6.61. The van der Waals surface area contributed by atoms with E-state index in [2.05, 4.69) is 24.9 Å². The highest BCUT2D eigenvalue weighted by molar-refractivity contribution is 6.32. The fourth-order valence-electron chi connectivity index (χ4n) is 1.64. The van der Waals surface area contributed by atoms with Crippen LogP contribution in [0.15, 0.2) is 11.1 Å². The first kappa shape index (κ1) is 11.3. The molecular formula is C12H16ClN. The van der Waals surface area contributed by atoms with Crippen LogP contribution in [-0.2, 0) is 6.42 Å². The van der Waals surface area contributed by atoms with Gasteiger partial charge in [0.25, 0.3) is 0 Å². The Labute approximate surface area is 90.8 Å². The van der Waals surface area contributed by atoms with Crippen molar-refractivity contribution in [1.29, 1.82) is 0 Å². The Hall–Kier alpha value is -0.820. The van der Waals surface area contributed by atoms with Crippen LogP contribution in [0.25, 0.3) is 0 Å². The van der Waals surface area contributed by atoms with E-state index in [1.54, 1.807) is 7.05 Å². The van der Waals surface area contributed by atoms with Crippen molar-refractivity contribution in [3.05, 3.63) is 33.3 Å². The summed E-state index contributed by atoms with van der Waals surface area (Å²) < 4.78 is 0. The summed E-state index contributed by atoms with van der Waals surface area (Å²) in [6.07, 6.45) is 2.85. The average Bonchev–Trinajstić information content (AvgIpc) is 2.18. The van der Waals surface area contributed by atoms with E-state index in [0.717, 1.165) is 22.6 Å². The average molecular weight is 210 g/mol. The van der Waals surface area contributed by atoms with Gasteiger partial charge in [0.1, 0.15) is 0 Å². The molecular weight excluding hydrogens is 194 g/mol. The number of aliphatic imine (C=N–C) groups is 1. The van der Waals surface area contributed by atoms with Crippen LogP contribution in [0.2, 0.25) is 5.02 Å². The van der Waals surface area contributed by atoms with Gasteiger partial charge in [-0.05, 0) is 42.5 Å². The zero-order valence-corrected chi connectivity index (χ0v) is 9.94.